The van der Waals surface area contributed by atoms with Crippen molar-refractivity contribution >= 4 is 40.7 Å². The molecule has 2 N–H and O–H groups in total. The molecule has 0 aliphatic heterocycles. The molecule has 190 valence electrons. The molecular weight excluding hydrogens is 561 g/mol. The van der Waals surface area contributed by atoms with Crippen LogP contribution in [0.4, 0.5) is 9.59 Å². The van der Waals surface area contributed by atoms with Crippen molar-refractivity contribution in [1.82, 2.24) is 10.6 Å². The molecule has 0 atom stereocenters. The zero-order chi connectivity index (χ0) is 26.1. The molecular formula is C26H34IN3O5. The first-order valence-electron chi connectivity index (χ1n) is 11.3. The smallest absolute Gasteiger partial charge is 0.414 e. The number of benzene rings is 2. The molecule has 2 aromatic carbocycles. The van der Waals surface area contributed by atoms with Crippen LogP contribution in [0.15, 0.2) is 53.5 Å². The Morgan fingerprint density at radius 1 is 0.857 bits per heavy atom. The number of aliphatic imine (C=N–C) groups is 1. The van der Waals surface area contributed by atoms with E-state index in [-0.39, 0.29) is 5.96 Å². The van der Waals surface area contributed by atoms with E-state index >= 15 is 0 Å². The molecule has 0 bridgehead atoms. The van der Waals surface area contributed by atoms with E-state index in [2.05, 4.69) is 38.2 Å². The number of carbonyl (C=O) groups is 2. The number of nitrogens with zero attached hydrogens (tertiary/aromatic N) is 1. The van der Waals surface area contributed by atoms with Gasteiger partial charge < -0.3 is 14.2 Å². The van der Waals surface area contributed by atoms with Crippen LogP contribution in [0.1, 0.15) is 52.7 Å². The topological polar surface area (TPSA) is 98.3 Å². The summed E-state index contributed by atoms with van der Waals surface area (Å²) in [6, 6.07) is 15.9. The van der Waals surface area contributed by atoms with Crippen LogP contribution in [0.3, 0.4) is 0 Å². The van der Waals surface area contributed by atoms with Gasteiger partial charge in [-0.2, -0.15) is 0 Å². The second kappa shape index (κ2) is 12.8. The minimum absolute atomic E-state index is 0.0421. The van der Waals surface area contributed by atoms with Crippen molar-refractivity contribution in [1.29, 1.82) is 0 Å². The van der Waals surface area contributed by atoms with Gasteiger partial charge in [0.05, 0.1) is 3.57 Å². The number of nitrogens with one attached hydrogen (secondary N) is 2. The number of halogens is 1. The molecule has 0 aliphatic rings. The summed E-state index contributed by atoms with van der Waals surface area (Å²) in [5.74, 6) is 0.745. The van der Waals surface area contributed by atoms with Crippen LogP contribution in [-0.4, -0.2) is 35.9 Å². The summed E-state index contributed by atoms with van der Waals surface area (Å²) in [4.78, 5) is 28.8. The fourth-order valence-corrected chi connectivity index (χ4v) is 3.25. The van der Waals surface area contributed by atoms with Crippen molar-refractivity contribution in [3.05, 3.63) is 63.2 Å². The average Bonchev–Trinajstić information content (AvgIpc) is 2.71. The maximum Gasteiger partial charge on any atom is 0.414 e. The highest BCUT2D eigenvalue weighted by atomic mass is 127. The SMILES string of the molecule is CC(C)(C)OC(=O)NC(=NCCc1ccc(I)c(OCc2ccccc2)c1)NC(=O)OC(C)(C)C. The predicted octanol–water partition coefficient (Wildman–Crippen LogP) is 5.82. The van der Waals surface area contributed by atoms with Crippen LogP contribution in [0.2, 0.25) is 0 Å². The number of alkyl carbamates (subject to hydrolysis) is 2. The fourth-order valence-electron chi connectivity index (χ4n) is 2.76. The van der Waals surface area contributed by atoms with Gasteiger partial charge in [0, 0.05) is 6.54 Å². The van der Waals surface area contributed by atoms with Gasteiger partial charge in [-0.25, -0.2) is 9.59 Å². The minimum Gasteiger partial charge on any atom is -0.488 e. The summed E-state index contributed by atoms with van der Waals surface area (Å²) in [6.07, 6.45) is -0.884. The molecule has 0 radical (unpaired) electrons. The Balaban J connectivity index is 2.06. The molecule has 2 aromatic rings. The molecule has 0 aliphatic carbocycles. The van der Waals surface area contributed by atoms with E-state index < -0.39 is 23.4 Å². The molecule has 8 nitrogen and oxygen atoms in total. The second-order valence-electron chi connectivity index (χ2n) is 9.77. The molecule has 2 amide bonds. The van der Waals surface area contributed by atoms with E-state index in [9.17, 15) is 9.59 Å². The number of amides is 2. The first-order chi connectivity index (χ1) is 16.3. The monoisotopic (exact) mass is 595 g/mol. The maximum atomic E-state index is 12.2. The van der Waals surface area contributed by atoms with E-state index in [0.717, 1.165) is 20.4 Å². The number of hydrogen-bond acceptors (Lipinski definition) is 6. The van der Waals surface area contributed by atoms with Crippen LogP contribution in [0, 0.1) is 3.57 Å². The molecule has 35 heavy (non-hydrogen) atoms. The van der Waals surface area contributed by atoms with Gasteiger partial charge in [0.15, 0.2) is 0 Å². The van der Waals surface area contributed by atoms with Gasteiger partial charge in [-0.05, 0) is 93.8 Å². The first-order valence-corrected chi connectivity index (χ1v) is 12.4. The highest BCUT2D eigenvalue weighted by Crippen LogP contribution is 2.24. The summed E-state index contributed by atoms with van der Waals surface area (Å²) in [5, 5.41) is 4.97. The summed E-state index contributed by atoms with van der Waals surface area (Å²) in [5.41, 5.74) is 0.701. The van der Waals surface area contributed by atoms with E-state index in [1.165, 1.54) is 0 Å². The molecule has 0 heterocycles. The molecule has 0 aromatic heterocycles. The Labute approximate surface area is 221 Å². The van der Waals surface area contributed by atoms with Crippen LogP contribution in [0.25, 0.3) is 0 Å². The Morgan fingerprint density at radius 2 is 1.43 bits per heavy atom. The number of ether oxygens (including phenoxy) is 3. The lowest BCUT2D eigenvalue weighted by Crippen LogP contribution is -2.47. The second-order valence-corrected chi connectivity index (χ2v) is 10.9. The van der Waals surface area contributed by atoms with Gasteiger partial charge in [0.1, 0.15) is 23.6 Å². The Bertz CT molecular complexity index is 996. The Hall–Kier alpha value is -2.82. The summed E-state index contributed by atoms with van der Waals surface area (Å²) in [7, 11) is 0. The van der Waals surface area contributed by atoms with Gasteiger partial charge >= 0.3 is 12.2 Å². The molecule has 0 saturated carbocycles. The molecule has 0 unspecified atom stereocenters. The lowest BCUT2D eigenvalue weighted by Gasteiger charge is -2.22. The van der Waals surface area contributed by atoms with Crippen LogP contribution in [0.5, 0.6) is 5.75 Å². The third-order valence-corrected chi connectivity index (χ3v) is 5.03. The van der Waals surface area contributed by atoms with Crippen molar-refractivity contribution in [2.75, 3.05) is 6.54 Å². The maximum absolute atomic E-state index is 12.2. The van der Waals surface area contributed by atoms with E-state index in [1.807, 2.05) is 48.5 Å². The van der Waals surface area contributed by atoms with Gasteiger partial charge in [0.2, 0.25) is 5.96 Å². The zero-order valence-electron chi connectivity index (χ0n) is 21.1. The summed E-state index contributed by atoms with van der Waals surface area (Å²) in [6.45, 7) is 11.3. The number of hydrogen-bond donors (Lipinski definition) is 2. The Kier molecular flexibility index (Phi) is 10.4. The van der Waals surface area contributed by atoms with Gasteiger partial charge in [0.25, 0.3) is 0 Å². The molecule has 0 spiro atoms. The quantitative estimate of drug-likeness (QED) is 0.249. The lowest BCUT2D eigenvalue weighted by atomic mass is 10.1. The van der Waals surface area contributed by atoms with Crippen molar-refractivity contribution in [2.45, 2.75) is 65.8 Å². The van der Waals surface area contributed by atoms with Crippen LogP contribution >= 0.6 is 22.6 Å². The van der Waals surface area contributed by atoms with E-state index in [4.69, 9.17) is 14.2 Å². The third kappa shape index (κ3) is 11.9. The third-order valence-electron chi connectivity index (χ3n) is 4.14. The number of guanidine groups is 1. The highest BCUT2D eigenvalue weighted by Gasteiger charge is 2.21. The van der Waals surface area contributed by atoms with Crippen molar-refractivity contribution in [3.63, 3.8) is 0 Å². The van der Waals surface area contributed by atoms with Gasteiger partial charge in [-0.1, -0.05) is 36.4 Å². The molecule has 2 rings (SSSR count). The predicted molar refractivity (Wildman–Crippen MR) is 145 cm³/mol. The number of carbonyl (C=O) groups excluding carboxylic acids is 2. The molecule has 9 heteroatoms. The van der Waals surface area contributed by atoms with E-state index in [1.54, 1.807) is 41.5 Å². The summed E-state index contributed by atoms with van der Waals surface area (Å²) >= 11 is 2.24. The van der Waals surface area contributed by atoms with Crippen molar-refractivity contribution < 1.29 is 23.8 Å². The normalized spacial score (nSPS) is 11.3. The summed E-state index contributed by atoms with van der Waals surface area (Å²) < 4.78 is 17.5. The number of rotatable bonds is 6. The standard InChI is InChI=1S/C26H34IN3O5/c1-25(2,3)34-23(31)29-22(30-24(32)35-26(4,5)6)28-15-14-18-12-13-20(27)21(16-18)33-17-19-10-8-7-9-11-19/h7-13,16H,14-15,17H2,1-6H3,(H2,28,29,30,31,32). The van der Waals surface area contributed by atoms with Gasteiger partial charge in [-0.15, -0.1) is 0 Å². The fraction of sp³-hybridized carbons (Fsp3) is 0.423. The average molecular weight is 595 g/mol. The van der Waals surface area contributed by atoms with Crippen LogP contribution in [-0.2, 0) is 22.5 Å². The highest BCUT2D eigenvalue weighted by molar-refractivity contribution is 14.1. The zero-order valence-corrected chi connectivity index (χ0v) is 23.3. The largest absolute Gasteiger partial charge is 0.488 e. The van der Waals surface area contributed by atoms with Crippen molar-refractivity contribution in [3.8, 4) is 5.75 Å². The Morgan fingerprint density at radius 3 is 1.97 bits per heavy atom. The first kappa shape index (κ1) is 28.4. The molecule has 0 fully saturated rings. The van der Waals surface area contributed by atoms with Crippen LogP contribution < -0.4 is 15.4 Å². The lowest BCUT2D eigenvalue weighted by molar-refractivity contribution is 0.0545. The molecule has 0 saturated heterocycles. The van der Waals surface area contributed by atoms with Crippen molar-refractivity contribution in [2.24, 2.45) is 4.99 Å². The van der Waals surface area contributed by atoms with Gasteiger partial charge in [-0.3, -0.25) is 15.6 Å². The van der Waals surface area contributed by atoms with E-state index in [0.29, 0.717) is 19.6 Å². The minimum atomic E-state index is -0.724.